The average Bonchev–Trinajstić information content (AvgIpc) is 2.44. The Kier molecular flexibility index (Phi) is 4.48. The van der Waals surface area contributed by atoms with Gasteiger partial charge >= 0.3 is 0 Å². The van der Waals surface area contributed by atoms with Crippen LogP contribution >= 0.6 is 15.9 Å². The third-order valence-electron chi connectivity index (χ3n) is 3.26. The molecule has 2 aromatic carbocycles. The van der Waals surface area contributed by atoms with Crippen molar-refractivity contribution in [3.63, 3.8) is 0 Å². The van der Waals surface area contributed by atoms with Crippen molar-refractivity contribution in [2.45, 2.75) is 19.9 Å². The van der Waals surface area contributed by atoms with Gasteiger partial charge in [-0.1, -0.05) is 34.1 Å². The number of anilines is 1. The summed E-state index contributed by atoms with van der Waals surface area (Å²) in [6, 6.07) is 14.6. The van der Waals surface area contributed by atoms with E-state index in [9.17, 15) is 0 Å². The molecule has 0 spiro atoms. The van der Waals surface area contributed by atoms with E-state index >= 15 is 0 Å². The van der Waals surface area contributed by atoms with Gasteiger partial charge in [0.25, 0.3) is 0 Å². The minimum Gasteiger partial charge on any atom is -0.497 e. The third-order valence-corrected chi connectivity index (χ3v) is 4.11. The van der Waals surface area contributed by atoms with Gasteiger partial charge in [0.15, 0.2) is 0 Å². The molecule has 2 aromatic rings. The zero-order valence-electron chi connectivity index (χ0n) is 11.4. The quantitative estimate of drug-likeness (QED) is 0.861. The maximum absolute atomic E-state index is 5.18. The molecule has 2 rings (SSSR count). The van der Waals surface area contributed by atoms with Crippen molar-refractivity contribution in [3.05, 3.63) is 58.1 Å². The Morgan fingerprint density at radius 1 is 1.11 bits per heavy atom. The molecule has 1 atom stereocenters. The van der Waals surface area contributed by atoms with Crippen molar-refractivity contribution < 1.29 is 4.74 Å². The Balaban J connectivity index is 2.15. The van der Waals surface area contributed by atoms with Crippen LogP contribution in [0.25, 0.3) is 0 Å². The van der Waals surface area contributed by atoms with E-state index in [-0.39, 0.29) is 6.04 Å². The van der Waals surface area contributed by atoms with Gasteiger partial charge in [-0.15, -0.1) is 0 Å². The van der Waals surface area contributed by atoms with Gasteiger partial charge in [-0.05, 0) is 49.2 Å². The first kappa shape index (κ1) is 13.9. The topological polar surface area (TPSA) is 21.3 Å². The third kappa shape index (κ3) is 3.29. The molecule has 0 radical (unpaired) electrons. The van der Waals surface area contributed by atoms with Crippen molar-refractivity contribution in [1.29, 1.82) is 0 Å². The van der Waals surface area contributed by atoms with E-state index in [1.165, 1.54) is 11.1 Å². The highest BCUT2D eigenvalue weighted by atomic mass is 79.9. The summed E-state index contributed by atoms with van der Waals surface area (Å²) in [7, 11) is 1.68. The van der Waals surface area contributed by atoms with Crippen molar-refractivity contribution in [2.75, 3.05) is 12.4 Å². The van der Waals surface area contributed by atoms with Crippen molar-refractivity contribution in [3.8, 4) is 5.75 Å². The number of nitrogens with one attached hydrogen (secondary N) is 1. The molecular weight excluding hydrogens is 302 g/mol. The van der Waals surface area contributed by atoms with Crippen LogP contribution in [0.5, 0.6) is 5.75 Å². The highest BCUT2D eigenvalue weighted by Crippen LogP contribution is 2.27. The van der Waals surface area contributed by atoms with E-state index in [4.69, 9.17) is 4.74 Å². The molecule has 0 fully saturated rings. The Bertz CT molecular complexity index is 551. The Labute approximate surface area is 122 Å². The van der Waals surface area contributed by atoms with Crippen LogP contribution < -0.4 is 10.1 Å². The predicted molar refractivity (Wildman–Crippen MR) is 83.9 cm³/mol. The van der Waals surface area contributed by atoms with Gasteiger partial charge in [-0.2, -0.15) is 0 Å². The maximum Gasteiger partial charge on any atom is 0.118 e. The molecule has 0 aliphatic heterocycles. The molecule has 19 heavy (non-hydrogen) atoms. The minimum absolute atomic E-state index is 0.249. The fourth-order valence-electron chi connectivity index (χ4n) is 1.97. The lowest BCUT2D eigenvalue weighted by Crippen LogP contribution is -2.07. The summed E-state index contributed by atoms with van der Waals surface area (Å²) in [6.45, 7) is 4.26. The molecule has 2 nitrogen and oxygen atoms in total. The lowest BCUT2D eigenvalue weighted by Gasteiger charge is -2.18. The monoisotopic (exact) mass is 319 g/mol. The summed E-state index contributed by atoms with van der Waals surface area (Å²) in [5.41, 5.74) is 3.61. The molecule has 0 aliphatic carbocycles. The zero-order valence-corrected chi connectivity index (χ0v) is 13.0. The second-order valence-corrected chi connectivity index (χ2v) is 5.41. The van der Waals surface area contributed by atoms with Crippen LogP contribution in [0.3, 0.4) is 0 Å². The number of benzene rings is 2. The number of methoxy groups -OCH3 is 1. The first-order valence-corrected chi connectivity index (χ1v) is 7.06. The average molecular weight is 320 g/mol. The lowest BCUT2D eigenvalue weighted by molar-refractivity contribution is 0.414. The normalized spacial score (nSPS) is 12.0. The Morgan fingerprint density at radius 2 is 1.79 bits per heavy atom. The number of halogens is 1. The second kappa shape index (κ2) is 6.11. The summed E-state index contributed by atoms with van der Waals surface area (Å²) in [4.78, 5) is 0. The molecule has 1 N–H and O–H groups in total. The molecule has 0 aromatic heterocycles. The standard InChI is InChI=1S/C16H18BrNO/c1-11-15(17)5-4-6-16(11)18-12(2)13-7-9-14(19-3)10-8-13/h4-10,12,18H,1-3H3. The van der Waals surface area contributed by atoms with E-state index in [2.05, 4.69) is 59.4 Å². The van der Waals surface area contributed by atoms with Crippen LogP contribution in [0.15, 0.2) is 46.9 Å². The van der Waals surface area contributed by atoms with Gasteiger partial charge < -0.3 is 10.1 Å². The molecule has 3 heteroatoms. The molecule has 0 saturated heterocycles. The van der Waals surface area contributed by atoms with Crippen molar-refractivity contribution >= 4 is 21.6 Å². The molecule has 0 aliphatic rings. The number of ether oxygens (including phenoxy) is 1. The van der Waals surface area contributed by atoms with Crippen LogP contribution in [0, 0.1) is 6.92 Å². The molecule has 1 unspecified atom stereocenters. The predicted octanol–water partition coefficient (Wildman–Crippen LogP) is 4.94. The van der Waals surface area contributed by atoms with Crippen LogP contribution in [-0.4, -0.2) is 7.11 Å². The highest BCUT2D eigenvalue weighted by molar-refractivity contribution is 9.10. The lowest BCUT2D eigenvalue weighted by atomic mass is 10.1. The van der Waals surface area contributed by atoms with Gasteiger partial charge in [0.05, 0.1) is 7.11 Å². The SMILES string of the molecule is COc1ccc(C(C)Nc2cccc(Br)c2C)cc1. The maximum atomic E-state index is 5.18. The van der Waals surface area contributed by atoms with Crippen LogP contribution in [-0.2, 0) is 0 Å². The van der Waals surface area contributed by atoms with E-state index in [0.717, 1.165) is 15.9 Å². The number of hydrogen-bond acceptors (Lipinski definition) is 2. The number of hydrogen-bond donors (Lipinski definition) is 1. The molecule has 100 valence electrons. The van der Waals surface area contributed by atoms with E-state index in [0.29, 0.717) is 0 Å². The van der Waals surface area contributed by atoms with Gasteiger partial charge in [0, 0.05) is 16.2 Å². The number of rotatable bonds is 4. The first-order valence-electron chi connectivity index (χ1n) is 6.27. The fraction of sp³-hybridized carbons (Fsp3) is 0.250. The van der Waals surface area contributed by atoms with Crippen LogP contribution in [0.2, 0.25) is 0 Å². The summed E-state index contributed by atoms with van der Waals surface area (Å²) in [5.74, 6) is 0.884. The summed E-state index contributed by atoms with van der Waals surface area (Å²) >= 11 is 3.55. The van der Waals surface area contributed by atoms with Gasteiger partial charge in [0.1, 0.15) is 5.75 Å². The fourth-order valence-corrected chi connectivity index (χ4v) is 2.34. The summed E-state index contributed by atoms with van der Waals surface area (Å²) in [5, 5.41) is 3.53. The van der Waals surface area contributed by atoms with Gasteiger partial charge in [0.2, 0.25) is 0 Å². The highest BCUT2D eigenvalue weighted by Gasteiger charge is 2.08. The summed E-state index contributed by atoms with van der Waals surface area (Å²) in [6.07, 6.45) is 0. The summed E-state index contributed by atoms with van der Waals surface area (Å²) < 4.78 is 6.30. The van der Waals surface area contributed by atoms with E-state index in [1.807, 2.05) is 18.2 Å². The van der Waals surface area contributed by atoms with Gasteiger partial charge in [-0.3, -0.25) is 0 Å². The van der Waals surface area contributed by atoms with E-state index < -0.39 is 0 Å². The Hall–Kier alpha value is -1.48. The Morgan fingerprint density at radius 3 is 2.42 bits per heavy atom. The van der Waals surface area contributed by atoms with E-state index in [1.54, 1.807) is 7.11 Å². The molecule has 0 heterocycles. The van der Waals surface area contributed by atoms with Crippen LogP contribution in [0.1, 0.15) is 24.1 Å². The van der Waals surface area contributed by atoms with Gasteiger partial charge in [-0.25, -0.2) is 0 Å². The minimum atomic E-state index is 0.249. The molecule has 0 bridgehead atoms. The molecule has 0 amide bonds. The second-order valence-electron chi connectivity index (χ2n) is 4.55. The first-order chi connectivity index (χ1) is 9.11. The molecule has 0 saturated carbocycles. The van der Waals surface area contributed by atoms with Crippen molar-refractivity contribution in [1.82, 2.24) is 0 Å². The molecular formula is C16H18BrNO. The zero-order chi connectivity index (χ0) is 13.8. The van der Waals surface area contributed by atoms with Crippen molar-refractivity contribution in [2.24, 2.45) is 0 Å². The smallest absolute Gasteiger partial charge is 0.118 e. The van der Waals surface area contributed by atoms with Crippen LogP contribution in [0.4, 0.5) is 5.69 Å². The largest absolute Gasteiger partial charge is 0.497 e.